The molecule has 12 rings (SSSR count). The number of benzene rings is 9. The van der Waals surface area contributed by atoms with Crippen molar-refractivity contribution in [3.8, 4) is 73.1 Å². The highest BCUT2D eigenvalue weighted by atomic mass is 15.0. The summed E-state index contributed by atoms with van der Waals surface area (Å²) in [4.78, 5) is 15.8. The number of aromatic nitrogens is 4. The van der Waals surface area contributed by atoms with E-state index in [2.05, 4.69) is 217 Å². The van der Waals surface area contributed by atoms with Crippen LogP contribution in [0.25, 0.3) is 117 Å². The first kappa shape index (κ1) is 36.4. The Morgan fingerprint density at radius 2 is 0.825 bits per heavy atom. The number of fused-ring (bicyclic) bond motifs is 6. The Hall–Kier alpha value is -8.47. The molecule has 0 amide bonds. The Morgan fingerprint density at radius 1 is 0.302 bits per heavy atom. The molecule has 0 fully saturated rings. The number of nitrogens with zero attached hydrogens (tertiary/aromatic N) is 4. The summed E-state index contributed by atoms with van der Waals surface area (Å²) in [6.07, 6.45) is 0. The summed E-state index contributed by atoms with van der Waals surface area (Å²) < 4.78 is 2.34. The second-order valence-electron chi connectivity index (χ2n) is 16.0. The van der Waals surface area contributed by atoms with Crippen LogP contribution in [0.5, 0.6) is 0 Å². The summed E-state index contributed by atoms with van der Waals surface area (Å²) in [5.74, 6) is 0.685. The minimum atomic E-state index is 0.685. The van der Waals surface area contributed by atoms with Gasteiger partial charge in [0, 0.05) is 54.9 Å². The van der Waals surface area contributed by atoms with Crippen molar-refractivity contribution in [2.75, 3.05) is 0 Å². The topological polar surface area (TPSA) is 43.6 Å². The van der Waals surface area contributed by atoms with Gasteiger partial charge in [-0.25, -0.2) is 15.0 Å². The predicted molar refractivity (Wildman–Crippen MR) is 262 cm³/mol. The quantitative estimate of drug-likeness (QED) is 0.151. The van der Waals surface area contributed by atoms with E-state index >= 15 is 0 Å². The van der Waals surface area contributed by atoms with Gasteiger partial charge >= 0.3 is 0 Å². The highest BCUT2D eigenvalue weighted by Gasteiger charge is 2.17. The first-order valence-corrected chi connectivity index (χ1v) is 21.4. The van der Waals surface area contributed by atoms with Crippen molar-refractivity contribution in [1.82, 2.24) is 19.5 Å². The average molecular weight is 803 g/mol. The lowest BCUT2D eigenvalue weighted by atomic mass is 9.92. The standard InChI is InChI=1S/C59H38N4/c1-4-16-39(17-5-1)47-26-15-27-51-57(47)50-35-32-44(37-54(50)60-58(51)41-18-6-2-7-19-41)43-22-14-23-45(36-43)53-38-52(61-59(62-53)42-20-8-3-9-21-42)40-30-33-46(34-31-40)63-55-28-12-10-24-48(55)49-25-11-13-29-56(49)63/h1-38H. The van der Waals surface area contributed by atoms with Crippen LogP contribution in [-0.4, -0.2) is 19.5 Å². The van der Waals surface area contributed by atoms with Crippen LogP contribution in [0.3, 0.4) is 0 Å². The molecule has 0 spiro atoms. The molecule has 0 aliphatic rings. The van der Waals surface area contributed by atoms with Crippen molar-refractivity contribution in [2.24, 2.45) is 0 Å². The number of pyridine rings is 1. The monoisotopic (exact) mass is 802 g/mol. The zero-order valence-corrected chi connectivity index (χ0v) is 34.2. The molecule has 0 atom stereocenters. The predicted octanol–water partition coefficient (Wildman–Crippen LogP) is 15.3. The normalized spacial score (nSPS) is 11.5. The maximum absolute atomic E-state index is 5.40. The molecule has 4 heteroatoms. The van der Waals surface area contributed by atoms with Crippen LogP contribution >= 0.6 is 0 Å². The number of para-hydroxylation sites is 2. The molecule has 0 unspecified atom stereocenters. The molecule has 0 aliphatic carbocycles. The minimum absolute atomic E-state index is 0.685. The van der Waals surface area contributed by atoms with Crippen LogP contribution in [0.1, 0.15) is 0 Å². The van der Waals surface area contributed by atoms with Crippen molar-refractivity contribution in [3.63, 3.8) is 0 Å². The van der Waals surface area contributed by atoms with Crippen molar-refractivity contribution in [2.45, 2.75) is 0 Å². The molecule has 4 nitrogen and oxygen atoms in total. The van der Waals surface area contributed by atoms with Gasteiger partial charge < -0.3 is 4.57 Å². The third-order valence-corrected chi connectivity index (χ3v) is 12.2. The second kappa shape index (κ2) is 15.2. The van der Waals surface area contributed by atoms with E-state index in [1.165, 1.54) is 38.3 Å². The summed E-state index contributed by atoms with van der Waals surface area (Å²) in [6, 6.07) is 81.5. The molecule has 0 radical (unpaired) electrons. The Labute approximate surface area is 365 Å². The molecule has 63 heavy (non-hydrogen) atoms. The molecule has 0 bridgehead atoms. The fourth-order valence-corrected chi connectivity index (χ4v) is 9.21. The lowest BCUT2D eigenvalue weighted by molar-refractivity contribution is 1.17. The van der Waals surface area contributed by atoms with Gasteiger partial charge in [0.25, 0.3) is 0 Å². The summed E-state index contributed by atoms with van der Waals surface area (Å²) in [5, 5.41) is 5.96. The van der Waals surface area contributed by atoms with Crippen LogP contribution in [0, 0.1) is 0 Å². The molecule has 0 aliphatic heterocycles. The van der Waals surface area contributed by atoms with Gasteiger partial charge in [0.05, 0.1) is 33.6 Å². The lowest BCUT2D eigenvalue weighted by Crippen LogP contribution is -1.97. The maximum Gasteiger partial charge on any atom is 0.160 e. The number of hydrogen-bond donors (Lipinski definition) is 0. The van der Waals surface area contributed by atoms with Crippen molar-refractivity contribution < 1.29 is 0 Å². The van der Waals surface area contributed by atoms with Crippen LogP contribution in [-0.2, 0) is 0 Å². The van der Waals surface area contributed by atoms with Crippen LogP contribution in [0.4, 0.5) is 0 Å². The summed E-state index contributed by atoms with van der Waals surface area (Å²) in [7, 11) is 0. The van der Waals surface area contributed by atoms with Gasteiger partial charge in [-0.05, 0) is 64.7 Å². The molecule has 9 aromatic carbocycles. The Bertz CT molecular complexity index is 3600. The molecule has 12 aromatic rings. The van der Waals surface area contributed by atoms with E-state index in [9.17, 15) is 0 Å². The van der Waals surface area contributed by atoms with Crippen molar-refractivity contribution in [3.05, 3.63) is 231 Å². The SMILES string of the molecule is c1ccc(-c2nc(-c3ccc(-n4c5ccccc5c5ccccc54)cc3)cc(-c3cccc(-c4ccc5c(c4)nc(-c4ccccc4)c4cccc(-c6ccccc6)c45)c3)n2)cc1. The van der Waals surface area contributed by atoms with Crippen LogP contribution in [0.15, 0.2) is 231 Å². The molecular formula is C59H38N4. The average Bonchev–Trinajstić information content (AvgIpc) is 3.71. The molecule has 3 aromatic heterocycles. The van der Waals surface area contributed by atoms with E-state index in [4.69, 9.17) is 15.0 Å². The molecule has 0 saturated carbocycles. The third-order valence-electron chi connectivity index (χ3n) is 12.2. The zero-order valence-electron chi connectivity index (χ0n) is 34.2. The van der Waals surface area contributed by atoms with E-state index in [0.717, 1.165) is 72.4 Å². The van der Waals surface area contributed by atoms with Crippen molar-refractivity contribution >= 4 is 43.5 Å². The maximum atomic E-state index is 5.40. The summed E-state index contributed by atoms with van der Waals surface area (Å²) in [5.41, 5.74) is 15.8. The van der Waals surface area contributed by atoms with Gasteiger partial charge in [0.15, 0.2) is 5.82 Å². The second-order valence-corrected chi connectivity index (χ2v) is 16.0. The first-order valence-electron chi connectivity index (χ1n) is 21.4. The van der Waals surface area contributed by atoms with E-state index in [-0.39, 0.29) is 0 Å². The number of rotatable bonds is 7. The van der Waals surface area contributed by atoms with Gasteiger partial charge in [-0.3, -0.25) is 0 Å². The fourth-order valence-electron chi connectivity index (χ4n) is 9.21. The molecular weight excluding hydrogens is 765 g/mol. The van der Waals surface area contributed by atoms with Gasteiger partial charge in [0.2, 0.25) is 0 Å². The highest BCUT2D eigenvalue weighted by molar-refractivity contribution is 6.17. The van der Waals surface area contributed by atoms with Crippen LogP contribution in [0.2, 0.25) is 0 Å². The molecule has 0 saturated heterocycles. The van der Waals surface area contributed by atoms with Gasteiger partial charge in [-0.2, -0.15) is 0 Å². The van der Waals surface area contributed by atoms with Gasteiger partial charge in [0.1, 0.15) is 0 Å². The fraction of sp³-hybridized carbons (Fsp3) is 0. The van der Waals surface area contributed by atoms with E-state index in [1.54, 1.807) is 0 Å². The number of hydrogen-bond acceptors (Lipinski definition) is 3. The minimum Gasteiger partial charge on any atom is -0.309 e. The lowest BCUT2D eigenvalue weighted by Gasteiger charge is -2.15. The molecule has 294 valence electrons. The summed E-state index contributed by atoms with van der Waals surface area (Å²) in [6.45, 7) is 0. The largest absolute Gasteiger partial charge is 0.309 e. The third kappa shape index (κ3) is 6.44. The smallest absolute Gasteiger partial charge is 0.160 e. The molecule has 0 N–H and O–H groups in total. The van der Waals surface area contributed by atoms with Gasteiger partial charge in [-0.15, -0.1) is 0 Å². The van der Waals surface area contributed by atoms with E-state index in [1.807, 2.05) is 18.2 Å². The Kier molecular flexibility index (Phi) is 8.79. The summed E-state index contributed by atoms with van der Waals surface area (Å²) >= 11 is 0. The van der Waals surface area contributed by atoms with Gasteiger partial charge in [-0.1, -0.05) is 188 Å². The Balaban J connectivity index is 0.972. The van der Waals surface area contributed by atoms with Crippen molar-refractivity contribution in [1.29, 1.82) is 0 Å². The van der Waals surface area contributed by atoms with E-state index < -0.39 is 0 Å². The van der Waals surface area contributed by atoms with E-state index in [0.29, 0.717) is 5.82 Å². The first-order chi connectivity index (χ1) is 31.2. The van der Waals surface area contributed by atoms with Crippen LogP contribution < -0.4 is 0 Å². The molecule has 3 heterocycles. The highest BCUT2D eigenvalue weighted by Crippen LogP contribution is 2.40. The Morgan fingerprint density at radius 3 is 1.52 bits per heavy atom. The zero-order chi connectivity index (χ0) is 41.7.